The molecule has 0 aliphatic heterocycles. The Morgan fingerprint density at radius 1 is 1.20 bits per heavy atom. The Morgan fingerprint density at radius 3 is 2.20 bits per heavy atom. The van der Waals surface area contributed by atoms with E-state index < -0.39 is 40.1 Å². The smallest absolute Gasteiger partial charge is 0.258 e. The van der Waals surface area contributed by atoms with Crippen LogP contribution in [0.5, 0.6) is 0 Å². The summed E-state index contributed by atoms with van der Waals surface area (Å²) in [7, 11) is -7.89. The van der Waals surface area contributed by atoms with Gasteiger partial charge in [0.25, 0.3) is 0 Å². The molecule has 0 spiro atoms. The van der Waals surface area contributed by atoms with Crippen LogP contribution in [0.25, 0.3) is 0 Å². The van der Waals surface area contributed by atoms with E-state index in [4.69, 9.17) is 11.6 Å². The van der Waals surface area contributed by atoms with Crippen molar-refractivity contribution in [2.45, 2.75) is 16.2 Å². The second-order valence-corrected chi connectivity index (χ2v) is 8.43. The van der Waals surface area contributed by atoms with Gasteiger partial charge in [0.05, 0.1) is 10.7 Å². The Morgan fingerprint density at radius 2 is 1.75 bits per heavy atom. The summed E-state index contributed by atoms with van der Waals surface area (Å²) in [6.07, 6.45) is 0.897. The third kappa shape index (κ3) is 3.68. The molecule has 0 atom stereocenters. The van der Waals surface area contributed by atoms with E-state index in [0.717, 1.165) is 24.5 Å². The number of para-hydroxylation sites is 1. The highest BCUT2D eigenvalue weighted by atomic mass is 35.5. The standard InChI is InChI=1S/C10H12ClNO6S2/c1-19(15,16)8-4-2-5-9(10(8)12(13)14)20(17,18)7-3-6-11/h2,4-5H,3,6-7H2,1H3. The lowest BCUT2D eigenvalue weighted by molar-refractivity contribution is -0.390. The van der Waals surface area contributed by atoms with Crippen molar-refractivity contribution in [2.75, 3.05) is 17.9 Å². The molecule has 0 aromatic heterocycles. The zero-order chi connectivity index (χ0) is 15.6. The molecule has 0 bridgehead atoms. The van der Waals surface area contributed by atoms with Gasteiger partial charge in [-0.05, 0) is 18.6 Å². The van der Waals surface area contributed by atoms with Gasteiger partial charge < -0.3 is 0 Å². The van der Waals surface area contributed by atoms with Crippen LogP contribution >= 0.6 is 11.6 Å². The highest BCUT2D eigenvalue weighted by Gasteiger charge is 2.32. The molecule has 1 rings (SSSR count). The van der Waals surface area contributed by atoms with Gasteiger partial charge in [-0.15, -0.1) is 11.6 Å². The van der Waals surface area contributed by atoms with E-state index in [0.29, 0.717) is 0 Å². The first-order valence-corrected chi connectivity index (χ1v) is 9.45. The van der Waals surface area contributed by atoms with Crippen LogP contribution in [0.15, 0.2) is 28.0 Å². The summed E-state index contributed by atoms with van der Waals surface area (Å²) in [5, 5.41) is 11.1. The molecule has 0 aliphatic carbocycles. The number of rotatable bonds is 6. The number of alkyl halides is 1. The van der Waals surface area contributed by atoms with Gasteiger partial charge in [-0.2, -0.15) is 0 Å². The number of halogens is 1. The van der Waals surface area contributed by atoms with Gasteiger partial charge in [0.1, 0.15) is 9.79 Å². The molecular weight excluding hydrogens is 330 g/mol. The highest BCUT2D eigenvalue weighted by Crippen LogP contribution is 2.32. The average Bonchev–Trinajstić information content (AvgIpc) is 2.34. The first-order chi connectivity index (χ1) is 9.11. The molecule has 7 nitrogen and oxygen atoms in total. The fourth-order valence-corrected chi connectivity index (χ4v) is 4.31. The normalized spacial score (nSPS) is 12.3. The van der Waals surface area contributed by atoms with E-state index in [9.17, 15) is 26.9 Å². The van der Waals surface area contributed by atoms with Crippen molar-refractivity contribution < 1.29 is 21.8 Å². The first kappa shape index (κ1) is 16.9. The van der Waals surface area contributed by atoms with Crippen LogP contribution in [0.4, 0.5) is 5.69 Å². The number of hydrogen-bond acceptors (Lipinski definition) is 6. The Hall–Kier alpha value is -1.19. The molecule has 0 N–H and O–H groups in total. The van der Waals surface area contributed by atoms with Crippen LogP contribution in [-0.2, 0) is 19.7 Å². The molecule has 0 heterocycles. The Kier molecular flexibility index (Phi) is 5.11. The van der Waals surface area contributed by atoms with E-state index in [-0.39, 0.29) is 18.1 Å². The minimum atomic E-state index is -3.97. The van der Waals surface area contributed by atoms with Gasteiger partial charge in [-0.25, -0.2) is 16.8 Å². The first-order valence-electron chi connectivity index (χ1n) is 5.37. The van der Waals surface area contributed by atoms with Gasteiger partial charge >= 0.3 is 5.69 Å². The van der Waals surface area contributed by atoms with Gasteiger partial charge in [0, 0.05) is 12.1 Å². The van der Waals surface area contributed by atoms with Crippen LogP contribution in [0, 0.1) is 10.1 Å². The van der Waals surface area contributed by atoms with E-state index in [1.165, 1.54) is 0 Å². The lowest BCUT2D eigenvalue weighted by Crippen LogP contribution is -2.12. The van der Waals surface area contributed by atoms with Crippen molar-refractivity contribution in [3.8, 4) is 0 Å². The van der Waals surface area contributed by atoms with E-state index in [1.807, 2.05) is 0 Å². The maximum Gasteiger partial charge on any atom is 0.306 e. The summed E-state index contributed by atoms with van der Waals surface area (Å²) in [6.45, 7) is 0. The zero-order valence-electron chi connectivity index (χ0n) is 10.4. The second-order valence-electron chi connectivity index (χ2n) is 3.99. The van der Waals surface area contributed by atoms with Gasteiger partial charge in [-0.3, -0.25) is 10.1 Å². The van der Waals surface area contributed by atoms with Crippen LogP contribution < -0.4 is 0 Å². The van der Waals surface area contributed by atoms with Crippen molar-refractivity contribution in [2.24, 2.45) is 0 Å². The van der Waals surface area contributed by atoms with Crippen molar-refractivity contribution in [3.05, 3.63) is 28.3 Å². The number of nitrogens with zero attached hydrogens (tertiary/aromatic N) is 1. The summed E-state index contributed by atoms with van der Waals surface area (Å²) < 4.78 is 47.1. The Labute approximate surface area is 121 Å². The minimum Gasteiger partial charge on any atom is -0.258 e. The lowest BCUT2D eigenvalue weighted by Gasteiger charge is -2.07. The summed E-state index contributed by atoms with van der Waals surface area (Å²) in [6, 6.07) is 3.20. The van der Waals surface area contributed by atoms with Gasteiger partial charge in [0.2, 0.25) is 0 Å². The molecular formula is C10H12ClNO6S2. The van der Waals surface area contributed by atoms with Crippen LogP contribution in [0.3, 0.4) is 0 Å². The third-order valence-electron chi connectivity index (χ3n) is 2.43. The second kappa shape index (κ2) is 6.06. The van der Waals surface area contributed by atoms with Crippen molar-refractivity contribution >= 4 is 37.0 Å². The van der Waals surface area contributed by atoms with E-state index in [2.05, 4.69) is 0 Å². The molecule has 0 unspecified atom stereocenters. The molecule has 0 saturated heterocycles. The predicted octanol–water partition coefficient (Wildman–Crippen LogP) is 1.40. The minimum absolute atomic E-state index is 0.0821. The van der Waals surface area contributed by atoms with E-state index >= 15 is 0 Å². The monoisotopic (exact) mass is 341 g/mol. The highest BCUT2D eigenvalue weighted by molar-refractivity contribution is 7.92. The fraction of sp³-hybridized carbons (Fsp3) is 0.400. The summed E-state index contributed by atoms with van der Waals surface area (Å²) in [5.74, 6) is -0.302. The quantitative estimate of drug-likeness (QED) is 0.439. The molecule has 0 fully saturated rings. The van der Waals surface area contributed by atoms with Gasteiger partial charge in [0.15, 0.2) is 19.7 Å². The van der Waals surface area contributed by atoms with Crippen LogP contribution in [-0.4, -0.2) is 39.6 Å². The summed E-state index contributed by atoms with van der Waals surface area (Å²) >= 11 is 5.41. The maximum atomic E-state index is 12.0. The maximum absolute atomic E-state index is 12.0. The SMILES string of the molecule is CS(=O)(=O)c1cccc(S(=O)(=O)CCCCl)c1[N+](=O)[O-]. The third-order valence-corrected chi connectivity index (χ3v) is 5.65. The number of nitro benzene ring substituents is 1. The summed E-state index contributed by atoms with van der Waals surface area (Å²) in [5.41, 5.74) is -0.912. The topological polar surface area (TPSA) is 111 Å². The molecule has 0 aliphatic rings. The zero-order valence-corrected chi connectivity index (χ0v) is 12.8. The van der Waals surface area contributed by atoms with Crippen molar-refractivity contribution in [3.63, 3.8) is 0 Å². The average molecular weight is 342 g/mol. The predicted molar refractivity (Wildman–Crippen MR) is 73.6 cm³/mol. The van der Waals surface area contributed by atoms with Crippen LogP contribution in [0.2, 0.25) is 0 Å². The molecule has 1 aromatic rings. The molecule has 0 amide bonds. The lowest BCUT2D eigenvalue weighted by atomic mass is 10.3. The number of nitro groups is 1. The summed E-state index contributed by atoms with van der Waals surface area (Å²) in [4.78, 5) is 8.85. The number of benzene rings is 1. The van der Waals surface area contributed by atoms with Crippen molar-refractivity contribution in [1.29, 1.82) is 0 Å². The molecule has 0 saturated carbocycles. The molecule has 0 radical (unpaired) electrons. The molecule has 1 aromatic carbocycles. The fourth-order valence-electron chi connectivity index (χ4n) is 1.59. The molecule has 112 valence electrons. The van der Waals surface area contributed by atoms with Crippen LogP contribution in [0.1, 0.15) is 6.42 Å². The van der Waals surface area contributed by atoms with E-state index in [1.54, 1.807) is 0 Å². The molecule has 20 heavy (non-hydrogen) atoms. The number of sulfone groups is 2. The largest absolute Gasteiger partial charge is 0.306 e. The van der Waals surface area contributed by atoms with Crippen molar-refractivity contribution in [1.82, 2.24) is 0 Å². The Bertz CT molecular complexity index is 726. The molecule has 10 heteroatoms. The number of hydrogen-bond donors (Lipinski definition) is 0. The Balaban J connectivity index is 3.62. The van der Waals surface area contributed by atoms with Gasteiger partial charge in [-0.1, -0.05) is 6.07 Å².